The molecule has 1 saturated heterocycles. The van der Waals surface area contributed by atoms with Crippen LogP contribution in [0.25, 0.3) is 0 Å². The molecule has 0 bridgehead atoms. The molecule has 5 heteroatoms. The third-order valence-electron chi connectivity index (χ3n) is 3.29. The number of amides is 1. The number of thiophene rings is 1. The summed E-state index contributed by atoms with van der Waals surface area (Å²) in [5.41, 5.74) is 0. The largest absolute Gasteiger partial charge is 0.481 e. The topological polar surface area (TPSA) is 57.6 Å². The van der Waals surface area contributed by atoms with Crippen molar-refractivity contribution < 1.29 is 14.7 Å². The summed E-state index contributed by atoms with van der Waals surface area (Å²) in [5.74, 6) is -1.09. The lowest BCUT2D eigenvalue weighted by Crippen LogP contribution is -2.42. The number of rotatable bonds is 4. The number of aliphatic carboxylic acids is 1. The Morgan fingerprint density at radius 1 is 1.50 bits per heavy atom. The van der Waals surface area contributed by atoms with E-state index in [0.717, 1.165) is 12.8 Å². The Morgan fingerprint density at radius 2 is 2.33 bits per heavy atom. The Hall–Kier alpha value is -1.36. The monoisotopic (exact) mass is 267 g/mol. The molecule has 1 N–H and O–H groups in total. The van der Waals surface area contributed by atoms with Crippen LogP contribution in [-0.4, -0.2) is 35.0 Å². The second-order valence-electron chi connectivity index (χ2n) is 4.60. The number of carbonyl (C=O) groups is 2. The number of carbonyl (C=O) groups excluding carboxylic acids is 1. The molecule has 2 rings (SSSR count). The van der Waals surface area contributed by atoms with Crippen molar-refractivity contribution in [3.8, 4) is 0 Å². The predicted octanol–water partition coefficient (Wildman–Crippen LogP) is 2.00. The van der Waals surface area contributed by atoms with Gasteiger partial charge in [0.2, 0.25) is 5.91 Å². The maximum Gasteiger partial charge on any atom is 0.308 e. The first-order valence-electron chi connectivity index (χ1n) is 6.20. The van der Waals surface area contributed by atoms with Crippen molar-refractivity contribution in [3.63, 3.8) is 0 Å². The van der Waals surface area contributed by atoms with Crippen molar-refractivity contribution in [1.82, 2.24) is 4.90 Å². The van der Waals surface area contributed by atoms with Gasteiger partial charge in [-0.3, -0.25) is 9.59 Å². The minimum absolute atomic E-state index is 0.0781. The highest BCUT2D eigenvalue weighted by Crippen LogP contribution is 2.18. The van der Waals surface area contributed by atoms with Crippen LogP contribution in [0, 0.1) is 5.92 Å². The smallest absolute Gasteiger partial charge is 0.308 e. The molecule has 0 radical (unpaired) electrons. The fraction of sp³-hybridized carbons (Fsp3) is 0.538. The summed E-state index contributed by atoms with van der Waals surface area (Å²) in [6.07, 6.45) is 2.71. The van der Waals surface area contributed by atoms with Gasteiger partial charge in [0.15, 0.2) is 0 Å². The van der Waals surface area contributed by atoms with E-state index in [-0.39, 0.29) is 11.8 Å². The molecule has 1 atom stereocenters. The van der Waals surface area contributed by atoms with Crippen molar-refractivity contribution in [3.05, 3.63) is 22.4 Å². The molecular formula is C13H17NO3S. The van der Waals surface area contributed by atoms with Crippen molar-refractivity contribution in [2.75, 3.05) is 13.1 Å². The maximum absolute atomic E-state index is 12.0. The van der Waals surface area contributed by atoms with Gasteiger partial charge in [0.25, 0.3) is 0 Å². The van der Waals surface area contributed by atoms with Crippen LogP contribution in [0.1, 0.15) is 24.1 Å². The standard InChI is InChI=1S/C13H17NO3S/c15-12(6-5-11-4-2-8-18-11)14-7-1-3-10(9-14)13(16)17/h2,4,8,10H,1,3,5-7,9H2,(H,16,17). The molecule has 1 aromatic rings. The van der Waals surface area contributed by atoms with E-state index in [4.69, 9.17) is 5.11 Å². The summed E-state index contributed by atoms with van der Waals surface area (Å²) in [7, 11) is 0. The zero-order valence-electron chi connectivity index (χ0n) is 10.2. The van der Waals surface area contributed by atoms with Gasteiger partial charge in [0.05, 0.1) is 5.92 Å². The van der Waals surface area contributed by atoms with Gasteiger partial charge in [0.1, 0.15) is 0 Å². The van der Waals surface area contributed by atoms with E-state index < -0.39 is 5.97 Å². The zero-order chi connectivity index (χ0) is 13.0. The first kappa shape index (κ1) is 13.1. The van der Waals surface area contributed by atoms with Crippen molar-refractivity contribution in [2.24, 2.45) is 5.92 Å². The normalized spacial score (nSPS) is 19.8. The fourth-order valence-corrected chi connectivity index (χ4v) is 2.96. The van der Waals surface area contributed by atoms with Gasteiger partial charge in [-0.05, 0) is 30.7 Å². The number of piperidine rings is 1. The van der Waals surface area contributed by atoms with Crippen LogP contribution in [0.2, 0.25) is 0 Å². The lowest BCUT2D eigenvalue weighted by Gasteiger charge is -2.30. The number of nitrogens with zero attached hydrogens (tertiary/aromatic N) is 1. The summed E-state index contributed by atoms with van der Waals surface area (Å²) in [6.45, 7) is 1.08. The molecule has 0 saturated carbocycles. The van der Waals surface area contributed by atoms with E-state index in [1.807, 2.05) is 17.5 Å². The van der Waals surface area contributed by atoms with Gasteiger partial charge in [-0.15, -0.1) is 11.3 Å². The molecule has 2 heterocycles. The SMILES string of the molecule is O=C(O)C1CCCN(C(=O)CCc2cccs2)C1. The van der Waals surface area contributed by atoms with E-state index in [9.17, 15) is 9.59 Å². The van der Waals surface area contributed by atoms with Crippen molar-refractivity contribution in [2.45, 2.75) is 25.7 Å². The average molecular weight is 267 g/mol. The zero-order valence-corrected chi connectivity index (χ0v) is 11.0. The molecule has 98 valence electrons. The Morgan fingerprint density at radius 3 is 3.00 bits per heavy atom. The molecule has 0 aromatic carbocycles. The van der Waals surface area contributed by atoms with Gasteiger partial charge in [-0.25, -0.2) is 0 Å². The number of carboxylic acid groups (broad SMARTS) is 1. The number of hydrogen-bond donors (Lipinski definition) is 1. The summed E-state index contributed by atoms with van der Waals surface area (Å²) in [5, 5.41) is 11.0. The van der Waals surface area contributed by atoms with Crippen LogP contribution in [0.4, 0.5) is 0 Å². The lowest BCUT2D eigenvalue weighted by atomic mass is 9.98. The number of hydrogen-bond acceptors (Lipinski definition) is 3. The highest BCUT2D eigenvalue weighted by Gasteiger charge is 2.27. The van der Waals surface area contributed by atoms with E-state index in [1.165, 1.54) is 4.88 Å². The van der Waals surface area contributed by atoms with E-state index >= 15 is 0 Å². The highest BCUT2D eigenvalue weighted by molar-refractivity contribution is 7.09. The molecule has 1 amide bonds. The third-order valence-corrected chi connectivity index (χ3v) is 4.22. The Kier molecular flexibility index (Phi) is 4.36. The van der Waals surface area contributed by atoms with Crippen LogP contribution in [-0.2, 0) is 16.0 Å². The average Bonchev–Trinajstić information content (AvgIpc) is 2.89. The molecule has 1 fully saturated rings. The molecule has 0 spiro atoms. The second-order valence-corrected chi connectivity index (χ2v) is 5.63. The van der Waals surface area contributed by atoms with E-state index in [1.54, 1.807) is 16.2 Å². The van der Waals surface area contributed by atoms with Crippen LogP contribution >= 0.6 is 11.3 Å². The summed E-state index contributed by atoms with van der Waals surface area (Å²) >= 11 is 1.65. The first-order valence-corrected chi connectivity index (χ1v) is 7.08. The van der Waals surface area contributed by atoms with Gasteiger partial charge < -0.3 is 10.0 Å². The minimum atomic E-state index is -0.786. The minimum Gasteiger partial charge on any atom is -0.481 e. The highest BCUT2D eigenvalue weighted by atomic mass is 32.1. The molecule has 1 aromatic heterocycles. The second kappa shape index (κ2) is 6.00. The molecular weight excluding hydrogens is 250 g/mol. The van der Waals surface area contributed by atoms with Gasteiger partial charge >= 0.3 is 5.97 Å². The number of carboxylic acids is 1. The third kappa shape index (κ3) is 3.32. The van der Waals surface area contributed by atoms with Gasteiger partial charge in [0, 0.05) is 24.4 Å². The molecule has 1 unspecified atom stereocenters. The number of aryl methyl sites for hydroxylation is 1. The van der Waals surface area contributed by atoms with Crippen LogP contribution in [0.3, 0.4) is 0 Å². The fourth-order valence-electron chi connectivity index (χ4n) is 2.25. The van der Waals surface area contributed by atoms with Crippen molar-refractivity contribution in [1.29, 1.82) is 0 Å². The lowest BCUT2D eigenvalue weighted by molar-refractivity contribution is -0.145. The maximum atomic E-state index is 12.0. The van der Waals surface area contributed by atoms with Crippen LogP contribution < -0.4 is 0 Å². The Labute approximate surface area is 110 Å². The van der Waals surface area contributed by atoms with Crippen molar-refractivity contribution >= 4 is 23.2 Å². The molecule has 4 nitrogen and oxygen atoms in total. The summed E-state index contributed by atoms with van der Waals surface area (Å²) in [4.78, 5) is 25.8. The van der Waals surface area contributed by atoms with E-state index in [0.29, 0.717) is 25.9 Å². The summed E-state index contributed by atoms with van der Waals surface area (Å²) in [6, 6.07) is 4.00. The summed E-state index contributed by atoms with van der Waals surface area (Å²) < 4.78 is 0. The van der Waals surface area contributed by atoms with Gasteiger partial charge in [-0.2, -0.15) is 0 Å². The number of likely N-dealkylation sites (tertiary alicyclic amines) is 1. The molecule has 0 aliphatic carbocycles. The molecule has 1 aliphatic rings. The Balaban J connectivity index is 1.83. The molecule has 1 aliphatic heterocycles. The molecule has 18 heavy (non-hydrogen) atoms. The van der Waals surface area contributed by atoms with Gasteiger partial charge in [-0.1, -0.05) is 6.07 Å². The quantitative estimate of drug-likeness (QED) is 0.907. The van der Waals surface area contributed by atoms with E-state index in [2.05, 4.69) is 0 Å². The Bertz CT molecular complexity index is 416. The predicted molar refractivity (Wildman–Crippen MR) is 69.6 cm³/mol. The first-order chi connectivity index (χ1) is 8.66. The van der Waals surface area contributed by atoms with Crippen LogP contribution in [0.5, 0.6) is 0 Å². The van der Waals surface area contributed by atoms with Crippen LogP contribution in [0.15, 0.2) is 17.5 Å².